The topological polar surface area (TPSA) is 0 Å². The SMILES string of the molecule is CC[N+]1(CC)CC[N+](CC)(CC)CC1. The Hall–Kier alpha value is -0.0800. The van der Waals surface area contributed by atoms with Gasteiger partial charge in [-0.25, -0.2) is 0 Å². The Bertz CT molecular complexity index is 137. The predicted molar refractivity (Wildman–Crippen MR) is 62.2 cm³/mol. The molecule has 0 N–H and O–H groups in total. The molecule has 0 aliphatic carbocycles. The van der Waals surface area contributed by atoms with E-state index >= 15 is 0 Å². The number of piperazine rings is 1. The number of hydrogen-bond donors (Lipinski definition) is 0. The Labute approximate surface area is 89.7 Å². The molecule has 0 radical (unpaired) electrons. The molecule has 0 amide bonds. The summed E-state index contributed by atoms with van der Waals surface area (Å²) in [6.07, 6.45) is 0. The van der Waals surface area contributed by atoms with E-state index in [1.165, 1.54) is 61.3 Å². The molecule has 0 bridgehead atoms. The summed E-state index contributed by atoms with van der Waals surface area (Å²) in [4.78, 5) is 0. The Morgan fingerprint density at radius 3 is 0.929 bits per heavy atom. The fourth-order valence-electron chi connectivity index (χ4n) is 2.78. The molecule has 0 aromatic rings. The van der Waals surface area contributed by atoms with Crippen LogP contribution in [0, 0.1) is 0 Å². The molecule has 0 atom stereocenters. The van der Waals surface area contributed by atoms with Crippen LogP contribution in [-0.2, 0) is 0 Å². The number of nitrogens with zero attached hydrogens (tertiary/aromatic N) is 2. The summed E-state index contributed by atoms with van der Waals surface area (Å²) in [7, 11) is 0. The number of rotatable bonds is 4. The van der Waals surface area contributed by atoms with Crippen molar-refractivity contribution in [3.05, 3.63) is 0 Å². The first kappa shape index (κ1) is 12.0. The van der Waals surface area contributed by atoms with E-state index in [-0.39, 0.29) is 0 Å². The van der Waals surface area contributed by atoms with Gasteiger partial charge in [0.1, 0.15) is 26.2 Å². The highest BCUT2D eigenvalue weighted by Crippen LogP contribution is 2.18. The quantitative estimate of drug-likeness (QED) is 0.606. The third kappa shape index (κ3) is 2.12. The van der Waals surface area contributed by atoms with Crippen molar-refractivity contribution in [3.63, 3.8) is 0 Å². The highest BCUT2D eigenvalue weighted by atomic mass is 15.5. The molecule has 1 fully saturated rings. The zero-order valence-electron chi connectivity index (χ0n) is 10.6. The molecular weight excluding hydrogens is 172 g/mol. The van der Waals surface area contributed by atoms with E-state index in [1.54, 1.807) is 0 Å². The number of likely N-dealkylation sites (N-methyl/N-ethyl adjacent to an activating group) is 2. The maximum absolute atomic E-state index is 2.35. The van der Waals surface area contributed by atoms with E-state index in [0.29, 0.717) is 0 Å². The monoisotopic (exact) mass is 200 g/mol. The lowest BCUT2D eigenvalue weighted by molar-refractivity contribution is -1.03. The molecule has 0 aromatic heterocycles. The lowest BCUT2D eigenvalue weighted by Gasteiger charge is -2.48. The Morgan fingerprint density at radius 2 is 0.786 bits per heavy atom. The molecule has 2 heteroatoms. The summed E-state index contributed by atoms with van der Waals surface area (Å²) < 4.78 is 2.72. The molecule has 1 rings (SSSR count). The highest BCUT2D eigenvalue weighted by Gasteiger charge is 2.38. The Morgan fingerprint density at radius 1 is 0.571 bits per heavy atom. The smallest absolute Gasteiger partial charge is 0.129 e. The largest absolute Gasteiger partial charge is 0.315 e. The zero-order valence-corrected chi connectivity index (χ0v) is 10.6. The normalized spacial score (nSPS) is 24.9. The van der Waals surface area contributed by atoms with Gasteiger partial charge in [-0.3, -0.25) is 0 Å². The van der Waals surface area contributed by atoms with Gasteiger partial charge >= 0.3 is 0 Å². The van der Waals surface area contributed by atoms with Crippen molar-refractivity contribution in [2.24, 2.45) is 0 Å². The van der Waals surface area contributed by atoms with E-state index in [1.807, 2.05) is 0 Å². The minimum Gasteiger partial charge on any atom is -0.315 e. The second-order valence-electron chi connectivity index (χ2n) is 4.84. The Balaban J connectivity index is 2.59. The average molecular weight is 200 g/mol. The second-order valence-corrected chi connectivity index (χ2v) is 4.84. The second kappa shape index (κ2) is 4.63. The van der Waals surface area contributed by atoms with Crippen LogP contribution in [0.25, 0.3) is 0 Å². The fourth-order valence-corrected chi connectivity index (χ4v) is 2.78. The first-order valence-corrected chi connectivity index (χ1v) is 6.36. The molecule has 1 saturated heterocycles. The first-order chi connectivity index (χ1) is 6.66. The van der Waals surface area contributed by atoms with Crippen LogP contribution in [0.3, 0.4) is 0 Å². The maximum Gasteiger partial charge on any atom is 0.129 e. The van der Waals surface area contributed by atoms with E-state index in [2.05, 4.69) is 27.7 Å². The molecule has 2 nitrogen and oxygen atoms in total. The van der Waals surface area contributed by atoms with Crippen molar-refractivity contribution in [2.75, 3.05) is 52.4 Å². The van der Waals surface area contributed by atoms with Crippen LogP contribution in [0.4, 0.5) is 0 Å². The van der Waals surface area contributed by atoms with Crippen molar-refractivity contribution < 1.29 is 8.97 Å². The van der Waals surface area contributed by atoms with Gasteiger partial charge in [0, 0.05) is 0 Å². The lowest BCUT2D eigenvalue weighted by Crippen LogP contribution is -2.66. The average Bonchev–Trinajstić information content (AvgIpc) is 2.29. The molecule has 84 valence electrons. The molecule has 0 unspecified atom stereocenters. The first-order valence-electron chi connectivity index (χ1n) is 6.36. The summed E-state index contributed by atoms with van der Waals surface area (Å²) in [5, 5.41) is 0. The van der Waals surface area contributed by atoms with Gasteiger partial charge in [0.15, 0.2) is 0 Å². The lowest BCUT2D eigenvalue weighted by atomic mass is 10.2. The highest BCUT2D eigenvalue weighted by molar-refractivity contribution is 4.52. The van der Waals surface area contributed by atoms with E-state index in [4.69, 9.17) is 0 Å². The Kier molecular flexibility index (Phi) is 3.96. The maximum atomic E-state index is 2.35. The van der Waals surface area contributed by atoms with Gasteiger partial charge in [-0.2, -0.15) is 0 Å². The molecule has 0 aromatic carbocycles. The van der Waals surface area contributed by atoms with Gasteiger partial charge < -0.3 is 8.97 Å². The zero-order chi connectivity index (χ0) is 10.7. The van der Waals surface area contributed by atoms with Gasteiger partial charge in [-0.05, 0) is 27.7 Å². The van der Waals surface area contributed by atoms with Gasteiger partial charge in [-0.15, -0.1) is 0 Å². The summed E-state index contributed by atoms with van der Waals surface area (Å²) in [6, 6.07) is 0. The third-order valence-corrected chi connectivity index (χ3v) is 4.78. The number of quaternary nitrogens is 2. The van der Waals surface area contributed by atoms with Crippen LogP contribution in [0.1, 0.15) is 27.7 Å². The van der Waals surface area contributed by atoms with Gasteiger partial charge in [-0.1, -0.05) is 0 Å². The summed E-state index contributed by atoms with van der Waals surface area (Å²) in [5.41, 5.74) is 0. The summed E-state index contributed by atoms with van der Waals surface area (Å²) >= 11 is 0. The van der Waals surface area contributed by atoms with Gasteiger partial charge in [0.2, 0.25) is 0 Å². The van der Waals surface area contributed by atoms with Gasteiger partial charge in [0.05, 0.1) is 26.2 Å². The summed E-state index contributed by atoms with van der Waals surface area (Å²) in [6.45, 7) is 20.3. The van der Waals surface area contributed by atoms with Crippen molar-refractivity contribution >= 4 is 0 Å². The van der Waals surface area contributed by atoms with Crippen LogP contribution in [-0.4, -0.2) is 61.3 Å². The standard InChI is InChI=1S/C12H28N2/c1-5-13(6-2)9-11-14(7-3,8-4)12-10-13/h5-12H2,1-4H3/q+2. The fraction of sp³-hybridized carbons (Fsp3) is 1.00. The van der Waals surface area contributed by atoms with Crippen molar-refractivity contribution in [1.82, 2.24) is 0 Å². The minimum atomic E-state index is 1.32. The van der Waals surface area contributed by atoms with E-state index in [9.17, 15) is 0 Å². The van der Waals surface area contributed by atoms with Crippen molar-refractivity contribution in [1.29, 1.82) is 0 Å². The van der Waals surface area contributed by atoms with Crippen molar-refractivity contribution in [3.8, 4) is 0 Å². The molecule has 0 spiro atoms. The van der Waals surface area contributed by atoms with Crippen LogP contribution >= 0.6 is 0 Å². The number of hydrogen-bond acceptors (Lipinski definition) is 0. The predicted octanol–water partition coefficient (Wildman–Crippen LogP) is 1.71. The molecule has 1 aliphatic heterocycles. The van der Waals surface area contributed by atoms with Crippen LogP contribution in [0.2, 0.25) is 0 Å². The molecule has 1 aliphatic rings. The molecule has 0 saturated carbocycles. The van der Waals surface area contributed by atoms with Crippen LogP contribution < -0.4 is 0 Å². The van der Waals surface area contributed by atoms with Crippen molar-refractivity contribution in [2.45, 2.75) is 27.7 Å². The summed E-state index contributed by atoms with van der Waals surface area (Å²) in [5.74, 6) is 0. The molecule has 1 heterocycles. The van der Waals surface area contributed by atoms with Crippen LogP contribution in [0.15, 0.2) is 0 Å². The van der Waals surface area contributed by atoms with E-state index < -0.39 is 0 Å². The minimum absolute atomic E-state index is 1.32. The third-order valence-electron chi connectivity index (χ3n) is 4.78. The molecule has 14 heavy (non-hydrogen) atoms. The van der Waals surface area contributed by atoms with E-state index in [0.717, 1.165) is 0 Å². The van der Waals surface area contributed by atoms with Crippen LogP contribution in [0.5, 0.6) is 0 Å². The van der Waals surface area contributed by atoms with Gasteiger partial charge in [0.25, 0.3) is 0 Å². The molecular formula is C12H28N2+2.